The van der Waals surface area contributed by atoms with Gasteiger partial charge in [0.25, 0.3) is 0 Å². The molecular weight excluding hydrogens is 375 g/mol. The van der Waals surface area contributed by atoms with Crippen LogP contribution in [0.2, 0.25) is 10.0 Å². The molecule has 0 bridgehead atoms. The Labute approximate surface area is 162 Å². The third kappa shape index (κ3) is 3.10. The lowest BCUT2D eigenvalue weighted by Crippen LogP contribution is -2.53. The van der Waals surface area contributed by atoms with Crippen LogP contribution in [0.15, 0.2) is 42.5 Å². The molecule has 2 aromatic rings. The van der Waals surface area contributed by atoms with Crippen LogP contribution in [0.4, 0.5) is 0 Å². The van der Waals surface area contributed by atoms with E-state index in [2.05, 4.69) is 0 Å². The van der Waals surface area contributed by atoms with Crippen molar-refractivity contribution in [1.29, 1.82) is 0 Å². The number of halogens is 2. The molecule has 4 rings (SSSR count). The van der Waals surface area contributed by atoms with Gasteiger partial charge in [0.05, 0.1) is 18.3 Å². The van der Waals surface area contributed by atoms with Crippen molar-refractivity contribution in [2.75, 3.05) is 0 Å². The largest absolute Gasteiger partial charge is 0.462 e. The zero-order valence-electron chi connectivity index (χ0n) is 14.2. The van der Waals surface area contributed by atoms with Crippen molar-refractivity contribution in [1.82, 2.24) is 0 Å². The standard InChI is InChI=1S/C20H20Cl2O4/c1-11-16(23)9-20(26-19(11)13-4-2-3-5-15(13)22)10-17(24)14-8-12(21)6-7-18(14)25-20/h2-8,11,16-17,19,23-24H,9-10H2,1H3/t11-,16+,17+,19-,20+/m1/s1. The Morgan fingerprint density at radius 3 is 2.58 bits per heavy atom. The quantitative estimate of drug-likeness (QED) is 0.737. The highest BCUT2D eigenvalue weighted by atomic mass is 35.5. The Hall–Kier alpha value is -1.30. The second kappa shape index (κ2) is 6.70. The Morgan fingerprint density at radius 2 is 1.81 bits per heavy atom. The molecule has 1 saturated heterocycles. The second-order valence-corrected chi connectivity index (χ2v) is 7.95. The van der Waals surface area contributed by atoms with E-state index in [0.29, 0.717) is 21.4 Å². The molecule has 0 aliphatic carbocycles. The van der Waals surface area contributed by atoms with Crippen LogP contribution in [-0.2, 0) is 4.74 Å². The Balaban J connectivity index is 1.71. The maximum atomic E-state index is 10.7. The summed E-state index contributed by atoms with van der Waals surface area (Å²) in [7, 11) is 0. The lowest BCUT2D eigenvalue weighted by Gasteiger charge is -2.49. The van der Waals surface area contributed by atoms with E-state index < -0.39 is 24.1 Å². The third-order valence-corrected chi connectivity index (χ3v) is 5.87. The van der Waals surface area contributed by atoms with Gasteiger partial charge < -0.3 is 19.7 Å². The van der Waals surface area contributed by atoms with E-state index in [4.69, 9.17) is 32.7 Å². The van der Waals surface area contributed by atoms with Gasteiger partial charge in [-0.2, -0.15) is 0 Å². The SMILES string of the molecule is C[C@@H]1[C@@H](O)C[C@@]2(C[C@H](O)c3cc(Cl)ccc3O2)O[C@H]1c1ccccc1Cl. The lowest BCUT2D eigenvalue weighted by atomic mass is 9.82. The number of benzene rings is 2. The summed E-state index contributed by atoms with van der Waals surface area (Å²) < 4.78 is 12.5. The summed E-state index contributed by atoms with van der Waals surface area (Å²) in [5.74, 6) is -0.753. The molecule has 0 aromatic heterocycles. The maximum Gasteiger partial charge on any atom is 0.216 e. The zero-order chi connectivity index (χ0) is 18.5. The smallest absolute Gasteiger partial charge is 0.216 e. The average molecular weight is 395 g/mol. The fourth-order valence-corrected chi connectivity index (χ4v) is 4.29. The van der Waals surface area contributed by atoms with E-state index in [1.54, 1.807) is 24.3 Å². The highest BCUT2D eigenvalue weighted by Crippen LogP contribution is 2.50. The molecule has 2 heterocycles. The van der Waals surface area contributed by atoms with Crippen molar-refractivity contribution in [3.63, 3.8) is 0 Å². The predicted molar refractivity (Wildman–Crippen MR) is 99.5 cm³/mol. The van der Waals surface area contributed by atoms with E-state index >= 15 is 0 Å². The summed E-state index contributed by atoms with van der Waals surface area (Å²) in [6, 6.07) is 12.6. The summed E-state index contributed by atoms with van der Waals surface area (Å²) in [6.45, 7) is 1.93. The van der Waals surface area contributed by atoms with Crippen LogP contribution in [0.3, 0.4) is 0 Å². The van der Waals surface area contributed by atoms with E-state index in [1.165, 1.54) is 0 Å². The number of hydrogen-bond acceptors (Lipinski definition) is 4. The summed E-state index contributed by atoms with van der Waals surface area (Å²) in [5.41, 5.74) is 1.44. The molecule has 2 N–H and O–H groups in total. The highest BCUT2D eigenvalue weighted by molar-refractivity contribution is 6.31. The topological polar surface area (TPSA) is 58.9 Å². The van der Waals surface area contributed by atoms with Crippen LogP contribution >= 0.6 is 23.2 Å². The van der Waals surface area contributed by atoms with Gasteiger partial charge in [0.15, 0.2) is 0 Å². The number of ether oxygens (including phenoxy) is 2. The molecule has 2 aromatic carbocycles. The van der Waals surface area contributed by atoms with Crippen molar-refractivity contribution in [3.05, 3.63) is 63.6 Å². The van der Waals surface area contributed by atoms with Crippen molar-refractivity contribution < 1.29 is 19.7 Å². The minimum absolute atomic E-state index is 0.159. The van der Waals surface area contributed by atoms with Gasteiger partial charge in [0, 0.05) is 34.4 Å². The van der Waals surface area contributed by atoms with Gasteiger partial charge in [-0.25, -0.2) is 0 Å². The van der Waals surface area contributed by atoms with Crippen molar-refractivity contribution in [2.24, 2.45) is 5.92 Å². The lowest BCUT2D eigenvalue weighted by molar-refractivity contribution is -0.292. The molecule has 6 heteroatoms. The summed E-state index contributed by atoms with van der Waals surface area (Å²) in [6.07, 6.45) is -1.39. The van der Waals surface area contributed by atoms with Crippen LogP contribution in [-0.4, -0.2) is 22.1 Å². The van der Waals surface area contributed by atoms with Gasteiger partial charge in [-0.05, 0) is 29.8 Å². The summed E-state index contributed by atoms with van der Waals surface area (Å²) >= 11 is 12.4. The van der Waals surface area contributed by atoms with Crippen molar-refractivity contribution in [3.8, 4) is 5.75 Å². The van der Waals surface area contributed by atoms with Gasteiger partial charge in [0.1, 0.15) is 5.75 Å². The van der Waals surface area contributed by atoms with Crippen LogP contribution in [0.25, 0.3) is 0 Å². The van der Waals surface area contributed by atoms with Gasteiger partial charge in [0.2, 0.25) is 5.79 Å². The van der Waals surface area contributed by atoms with Gasteiger partial charge >= 0.3 is 0 Å². The fourth-order valence-electron chi connectivity index (χ4n) is 3.86. The Morgan fingerprint density at radius 1 is 1.04 bits per heavy atom. The van der Waals surface area contributed by atoms with Crippen molar-refractivity contribution in [2.45, 2.75) is 43.9 Å². The van der Waals surface area contributed by atoms with E-state index in [9.17, 15) is 10.2 Å². The van der Waals surface area contributed by atoms with Gasteiger partial charge in [-0.3, -0.25) is 0 Å². The third-order valence-electron chi connectivity index (χ3n) is 5.29. The normalized spacial score (nSPS) is 33.6. The number of fused-ring (bicyclic) bond motifs is 1. The first-order valence-electron chi connectivity index (χ1n) is 8.65. The fraction of sp³-hybridized carbons (Fsp3) is 0.400. The summed E-state index contributed by atoms with van der Waals surface area (Å²) in [4.78, 5) is 0. The number of aliphatic hydroxyl groups excluding tert-OH is 2. The molecule has 0 radical (unpaired) electrons. The van der Waals surface area contributed by atoms with E-state index in [0.717, 1.165) is 5.56 Å². The maximum absolute atomic E-state index is 10.7. The van der Waals surface area contributed by atoms with Crippen molar-refractivity contribution >= 4 is 23.2 Å². The molecule has 1 fully saturated rings. The highest BCUT2D eigenvalue weighted by Gasteiger charge is 2.51. The monoisotopic (exact) mass is 394 g/mol. The minimum atomic E-state index is -1.12. The van der Waals surface area contributed by atoms with Gasteiger partial charge in [-0.15, -0.1) is 0 Å². The molecule has 2 aliphatic rings. The molecule has 0 saturated carbocycles. The van der Waals surface area contributed by atoms with Crippen LogP contribution in [0, 0.1) is 5.92 Å². The first-order chi connectivity index (χ1) is 12.4. The number of rotatable bonds is 1. The summed E-state index contributed by atoms with van der Waals surface area (Å²) in [5, 5.41) is 22.4. The molecule has 1 spiro atoms. The molecule has 5 atom stereocenters. The van der Waals surface area contributed by atoms with E-state index in [1.807, 2.05) is 25.1 Å². The predicted octanol–water partition coefficient (Wildman–Crippen LogP) is 4.66. The first-order valence-corrected chi connectivity index (χ1v) is 9.41. The minimum Gasteiger partial charge on any atom is -0.462 e. The van der Waals surface area contributed by atoms with Crippen LogP contribution in [0.5, 0.6) is 5.75 Å². The molecule has 0 unspecified atom stereocenters. The van der Waals surface area contributed by atoms with E-state index in [-0.39, 0.29) is 18.8 Å². The molecule has 138 valence electrons. The molecule has 4 nitrogen and oxygen atoms in total. The first kappa shape index (κ1) is 18.1. The Kier molecular flexibility index (Phi) is 4.66. The number of hydrogen-bond donors (Lipinski definition) is 2. The molecule has 26 heavy (non-hydrogen) atoms. The molecule has 0 amide bonds. The molecular formula is C20H20Cl2O4. The number of aliphatic hydroxyl groups is 2. The Bertz CT molecular complexity index is 827. The van der Waals surface area contributed by atoms with Crippen LogP contribution < -0.4 is 4.74 Å². The van der Waals surface area contributed by atoms with Gasteiger partial charge in [-0.1, -0.05) is 48.3 Å². The zero-order valence-corrected chi connectivity index (χ0v) is 15.7. The van der Waals surface area contributed by atoms with Crippen LogP contribution in [0.1, 0.15) is 43.1 Å². The molecule has 2 aliphatic heterocycles. The second-order valence-electron chi connectivity index (χ2n) is 7.11. The average Bonchev–Trinajstić information content (AvgIpc) is 2.60.